The fraction of sp³-hybridized carbons (Fsp3) is 0.542. The predicted octanol–water partition coefficient (Wildman–Crippen LogP) is 0.387. The number of ether oxygens (including phenoxy) is 2. The van der Waals surface area contributed by atoms with Crippen LogP contribution in [0.25, 0.3) is 0 Å². The first kappa shape index (κ1) is 30.4. The molecule has 0 radical (unpaired) electrons. The molecule has 2 atom stereocenters. The van der Waals surface area contributed by atoms with Gasteiger partial charge < -0.3 is 35.8 Å². The summed E-state index contributed by atoms with van der Waals surface area (Å²) in [5.41, 5.74) is 4.83. The lowest BCUT2D eigenvalue weighted by Gasteiger charge is -2.33. The van der Waals surface area contributed by atoms with Crippen molar-refractivity contribution in [3.8, 4) is 0 Å². The summed E-state index contributed by atoms with van der Waals surface area (Å²) in [5, 5.41) is 14.6. The third-order valence-electron chi connectivity index (χ3n) is 4.63. The highest BCUT2D eigenvalue weighted by molar-refractivity contribution is 5.94. The minimum atomic E-state index is -1.46. The zero-order valence-electron chi connectivity index (χ0n) is 21.1. The van der Waals surface area contributed by atoms with Crippen molar-refractivity contribution >= 4 is 29.8 Å². The number of carbonyl (C=O) groups excluding carboxylic acids is 5. The van der Waals surface area contributed by atoms with Crippen LogP contribution >= 0.6 is 0 Å². The van der Waals surface area contributed by atoms with Gasteiger partial charge in [0, 0.05) is 13.1 Å². The third-order valence-corrected chi connectivity index (χ3v) is 4.63. The van der Waals surface area contributed by atoms with E-state index >= 15 is 0 Å². The highest BCUT2D eigenvalue weighted by atomic mass is 16.6. The quantitative estimate of drug-likeness (QED) is 0.276. The van der Waals surface area contributed by atoms with Crippen LogP contribution < -0.4 is 16.4 Å². The number of amides is 4. The summed E-state index contributed by atoms with van der Waals surface area (Å²) >= 11 is 0. The monoisotopic (exact) mass is 508 g/mol. The molecule has 0 heterocycles. The molecule has 0 aromatic heterocycles. The van der Waals surface area contributed by atoms with Gasteiger partial charge in [-0.3, -0.25) is 19.2 Å². The number of aliphatic hydroxyl groups is 1. The van der Waals surface area contributed by atoms with E-state index in [0.717, 1.165) is 4.90 Å². The van der Waals surface area contributed by atoms with Gasteiger partial charge >= 0.3 is 12.1 Å². The van der Waals surface area contributed by atoms with E-state index in [-0.39, 0.29) is 26.1 Å². The number of hydrogen-bond donors (Lipinski definition) is 4. The molecule has 0 saturated carbocycles. The zero-order valence-corrected chi connectivity index (χ0v) is 21.1. The Morgan fingerprint density at radius 1 is 1.11 bits per heavy atom. The van der Waals surface area contributed by atoms with Gasteiger partial charge in [0.1, 0.15) is 17.7 Å². The van der Waals surface area contributed by atoms with Gasteiger partial charge in [-0.05, 0) is 33.3 Å². The second-order valence-corrected chi connectivity index (χ2v) is 8.78. The number of esters is 1. The van der Waals surface area contributed by atoms with E-state index in [2.05, 4.69) is 10.6 Å². The van der Waals surface area contributed by atoms with E-state index < -0.39 is 60.5 Å². The van der Waals surface area contributed by atoms with Gasteiger partial charge in [0.05, 0.1) is 26.1 Å². The molecule has 1 rings (SSSR count). The second-order valence-electron chi connectivity index (χ2n) is 8.78. The largest absolute Gasteiger partial charge is 0.466 e. The Labute approximate surface area is 210 Å². The molecule has 2 unspecified atom stereocenters. The number of benzene rings is 1. The maximum Gasteiger partial charge on any atom is 0.408 e. The molecular weight excluding hydrogens is 472 g/mol. The minimum Gasteiger partial charge on any atom is -0.466 e. The molecule has 1 aromatic carbocycles. The molecule has 12 nitrogen and oxygen atoms in total. The molecule has 200 valence electrons. The minimum absolute atomic E-state index is 0.0526. The van der Waals surface area contributed by atoms with Crippen molar-refractivity contribution in [3.05, 3.63) is 35.9 Å². The van der Waals surface area contributed by atoms with Crippen LogP contribution in [0.15, 0.2) is 30.3 Å². The molecule has 0 fully saturated rings. The van der Waals surface area contributed by atoms with Crippen LogP contribution in [0.2, 0.25) is 0 Å². The molecule has 36 heavy (non-hydrogen) atoms. The first-order valence-electron chi connectivity index (χ1n) is 11.6. The highest BCUT2D eigenvalue weighted by Gasteiger charge is 2.36. The van der Waals surface area contributed by atoms with Gasteiger partial charge in [-0.1, -0.05) is 30.3 Å². The number of nitrogens with zero attached hydrogens (tertiary/aromatic N) is 1. The fourth-order valence-corrected chi connectivity index (χ4v) is 3.25. The number of primary amides is 1. The molecule has 0 saturated heterocycles. The highest BCUT2D eigenvalue weighted by Crippen LogP contribution is 2.23. The van der Waals surface area contributed by atoms with E-state index in [1.165, 1.54) is 0 Å². The Hall–Kier alpha value is -3.67. The number of alkyl carbamates (subject to hydrolysis) is 1. The molecule has 0 aliphatic carbocycles. The molecule has 12 heteroatoms. The first-order valence-corrected chi connectivity index (χ1v) is 11.6. The smallest absolute Gasteiger partial charge is 0.408 e. The standard InChI is InChI=1S/C24H36N4O8/c1-5-35-19(31)11-12-26-21(32)20(16-9-7-6-8-10-16)28(13-14-29)22(33)17(15-18(25)30)27-23(34)36-24(2,3)4/h6-10,17,20,29H,5,11-15H2,1-4H3,(H2,25,30)(H,26,32)(H,27,34). The summed E-state index contributed by atoms with van der Waals surface area (Å²) in [6.45, 7) is 5.88. The normalized spacial score (nSPS) is 12.6. The van der Waals surface area contributed by atoms with E-state index in [1.807, 2.05) is 0 Å². The molecule has 0 spiro atoms. The number of nitrogens with two attached hydrogens (primary N) is 1. The van der Waals surface area contributed by atoms with Gasteiger partial charge in [0.25, 0.3) is 0 Å². The first-order chi connectivity index (χ1) is 16.9. The lowest BCUT2D eigenvalue weighted by Crippen LogP contribution is -2.54. The fourth-order valence-electron chi connectivity index (χ4n) is 3.25. The van der Waals surface area contributed by atoms with Gasteiger partial charge in [-0.15, -0.1) is 0 Å². The number of aliphatic hydroxyl groups excluding tert-OH is 1. The number of rotatable bonds is 13. The molecule has 4 amide bonds. The van der Waals surface area contributed by atoms with Crippen molar-refractivity contribution in [2.45, 2.75) is 58.2 Å². The van der Waals surface area contributed by atoms with Crippen LogP contribution in [0.3, 0.4) is 0 Å². The number of nitrogens with one attached hydrogen (secondary N) is 2. The van der Waals surface area contributed by atoms with Crippen molar-refractivity contribution in [2.75, 3.05) is 26.3 Å². The Kier molecular flexibility index (Phi) is 12.4. The Morgan fingerprint density at radius 3 is 2.28 bits per heavy atom. The summed E-state index contributed by atoms with van der Waals surface area (Å²) in [4.78, 5) is 63.5. The molecule has 5 N–H and O–H groups in total. The van der Waals surface area contributed by atoms with Crippen LogP contribution in [0.5, 0.6) is 0 Å². The Bertz CT molecular complexity index is 901. The maximum absolute atomic E-state index is 13.5. The average molecular weight is 509 g/mol. The van der Waals surface area contributed by atoms with E-state index in [1.54, 1.807) is 58.0 Å². The SMILES string of the molecule is CCOC(=O)CCNC(=O)C(c1ccccc1)N(CCO)C(=O)C(CC(N)=O)NC(=O)OC(C)(C)C. The van der Waals surface area contributed by atoms with E-state index in [9.17, 15) is 29.1 Å². The molecular formula is C24H36N4O8. The molecule has 1 aromatic rings. The summed E-state index contributed by atoms with van der Waals surface area (Å²) in [5.74, 6) is -2.84. The summed E-state index contributed by atoms with van der Waals surface area (Å²) in [6, 6.07) is 5.56. The van der Waals surface area contributed by atoms with Gasteiger partial charge in [-0.2, -0.15) is 0 Å². The average Bonchev–Trinajstić information content (AvgIpc) is 2.77. The Balaban J connectivity index is 3.27. The molecule has 0 aliphatic heterocycles. The van der Waals surface area contributed by atoms with Crippen LogP contribution in [-0.4, -0.2) is 77.7 Å². The van der Waals surface area contributed by atoms with Crippen LogP contribution in [0.4, 0.5) is 4.79 Å². The van der Waals surface area contributed by atoms with Gasteiger partial charge in [0.15, 0.2) is 0 Å². The number of hydrogen-bond acceptors (Lipinski definition) is 8. The van der Waals surface area contributed by atoms with Crippen molar-refractivity contribution in [1.82, 2.24) is 15.5 Å². The Morgan fingerprint density at radius 2 is 1.75 bits per heavy atom. The van der Waals surface area contributed by atoms with Crippen LogP contribution in [0, 0.1) is 0 Å². The van der Waals surface area contributed by atoms with Crippen molar-refractivity contribution in [3.63, 3.8) is 0 Å². The summed E-state index contributed by atoms with van der Waals surface area (Å²) < 4.78 is 10.0. The third kappa shape index (κ3) is 10.7. The number of carbonyl (C=O) groups is 5. The van der Waals surface area contributed by atoms with Crippen molar-refractivity contribution in [2.24, 2.45) is 5.73 Å². The topological polar surface area (TPSA) is 177 Å². The summed E-state index contributed by atoms with van der Waals surface area (Å²) in [7, 11) is 0. The van der Waals surface area contributed by atoms with E-state index in [4.69, 9.17) is 15.2 Å². The second kappa shape index (κ2) is 14.7. The van der Waals surface area contributed by atoms with Gasteiger partial charge in [-0.25, -0.2) is 4.79 Å². The summed E-state index contributed by atoms with van der Waals surface area (Å²) in [6.07, 6.45) is -1.60. The lowest BCUT2D eigenvalue weighted by atomic mass is 10.0. The van der Waals surface area contributed by atoms with Crippen LogP contribution in [0.1, 0.15) is 52.1 Å². The maximum atomic E-state index is 13.5. The molecule has 0 aliphatic rings. The predicted molar refractivity (Wildman–Crippen MR) is 129 cm³/mol. The van der Waals surface area contributed by atoms with Crippen LogP contribution in [-0.2, 0) is 28.7 Å². The van der Waals surface area contributed by atoms with Crippen molar-refractivity contribution < 1.29 is 38.6 Å². The van der Waals surface area contributed by atoms with E-state index in [0.29, 0.717) is 5.56 Å². The van der Waals surface area contributed by atoms with Crippen molar-refractivity contribution in [1.29, 1.82) is 0 Å². The lowest BCUT2D eigenvalue weighted by molar-refractivity contribution is -0.145. The van der Waals surface area contributed by atoms with Gasteiger partial charge in [0.2, 0.25) is 17.7 Å². The zero-order chi connectivity index (χ0) is 27.3. The molecule has 0 bridgehead atoms.